The van der Waals surface area contributed by atoms with E-state index < -0.39 is 0 Å². The highest BCUT2D eigenvalue weighted by atomic mass is 16.1. The minimum atomic E-state index is 0.204. The van der Waals surface area contributed by atoms with Crippen LogP contribution in [-0.2, 0) is 6.42 Å². The molecule has 2 rings (SSSR count). The van der Waals surface area contributed by atoms with Gasteiger partial charge in [0.15, 0.2) is 5.78 Å². The van der Waals surface area contributed by atoms with Gasteiger partial charge >= 0.3 is 0 Å². The Kier molecular flexibility index (Phi) is 2.31. The van der Waals surface area contributed by atoms with Crippen LogP contribution >= 0.6 is 0 Å². The van der Waals surface area contributed by atoms with E-state index in [2.05, 4.69) is 5.32 Å². The van der Waals surface area contributed by atoms with Gasteiger partial charge in [0.25, 0.3) is 0 Å². The van der Waals surface area contributed by atoms with Gasteiger partial charge in [0, 0.05) is 36.0 Å². The second-order valence-electron chi connectivity index (χ2n) is 3.81. The molecule has 0 fully saturated rings. The highest BCUT2D eigenvalue weighted by Crippen LogP contribution is 2.30. The standard InChI is InChI=1S/C12H14N2O/c1-7(13)12-9-4-6-11(15)8(9)3-5-10(12)14-2/h3,5,13-14H,4,6H2,1-2H3. The van der Waals surface area contributed by atoms with Gasteiger partial charge in [-0.05, 0) is 31.0 Å². The zero-order chi connectivity index (χ0) is 11.0. The Labute approximate surface area is 89.0 Å². The van der Waals surface area contributed by atoms with Crippen LogP contribution in [0.1, 0.15) is 34.8 Å². The number of rotatable bonds is 2. The fraction of sp³-hybridized carbons (Fsp3) is 0.333. The average Bonchev–Trinajstić information content (AvgIpc) is 2.58. The number of nitrogens with one attached hydrogen (secondary N) is 2. The van der Waals surface area contributed by atoms with Crippen molar-refractivity contribution in [2.75, 3.05) is 12.4 Å². The molecule has 2 N–H and O–H groups in total. The van der Waals surface area contributed by atoms with Crippen LogP contribution in [-0.4, -0.2) is 18.5 Å². The summed E-state index contributed by atoms with van der Waals surface area (Å²) < 4.78 is 0. The Morgan fingerprint density at radius 2 is 2.13 bits per heavy atom. The molecule has 3 nitrogen and oxygen atoms in total. The SMILES string of the molecule is CNc1ccc2c(c1C(C)=N)CCC2=O. The second-order valence-corrected chi connectivity index (χ2v) is 3.81. The smallest absolute Gasteiger partial charge is 0.163 e. The van der Waals surface area contributed by atoms with E-state index in [1.54, 1.807) is 6.92 Å². The van der Waals surface area contributed by atoms with Crippen molar-refractivity contribution in [1.29, 1.82) is 5.41 Å². The summed E-state index contributed by atoms with van der Waals surface area (Å²) in [5.41, 5.74) is 4.21. The van der Waals surface area contributed by atoms with Gasteiger partial charge in [0.05, 0.1) is 0 Å². The maximum absolute atomic E-state index is 11.5. The predicted octanol–water partition coefficient (Wildman–Crippen LogP) is 2.24. The molecule has 0 aromatic heterocycles. The zero-order valence-corrected chi connectivity index (χ0v) is 8.98. The highest BCUT2D eigenvalue weighted by molar-refractivity contribution is 6.09. The van der Waals surface area contributed by atoms with Crippen molar-refractivity contribution in [2.24, 2.45) is 0 Å². The van der Waals surface area contributed by atoms with Crippen LogP contribution in [0.5, 0.6) is 0 Å². The number of Topliss-reactive ketones (excluding diaryl/α,β-unsaturated/α-hetero) is 1. The monoisotopic (exact) mass is 202 g/mol. The average molecular weight is 202 g/mol. The van der Waals surface area contributed by atoms with E-state index in [1.807, 2.05) is 19.2 Å². The molecule has 1 aromatic rings. The molecule has 1 aromatic carbocycles. The van der Waals surface area contributed by atoms with Crippen molar-refractivity contribution in [1.82, 2.24) is 0 Å². The molecular formula is C12H14N2O. The Balaban J connectivity index is 2.68. The number of anilines is 1. The third-order valence-electron chi connectivity index (χ3n) is 2.86. The summed E-state index contributed by atoms with van der Waals surface area (Å²) in [6.45, 7) is 1.76. The molecule has 0 amide bonds. The second kappa shape index (κ2) is 3.50. The molecule has 0 bridgehead atoms. The lowest BCUT2D eigenvalue weighted by molar-refractivity contribution is 0.0994. The van der Waals surface area contributed by atoms with Crippen molar-refractivity contribution >= 4 is 17.2 Å². The van der Waals surface area contributed by atoms with Gasteiger partial charge in [-0.3, -0.25) is 4.79 Å². The van der Waals surface area contributed by atoms with Crippen LogP contribution in [0.2, 0.25) is 0 Å². The first kappa shape index (κ1) is 9.90. The van der Waals surface area contributed by atoms with Crippen molar-refractivity contribution < 1.29 is 4.79 Å². The number of carbonyl (C=O) groups excluding carboxylic acids is 1. The van der Waals surface area contributed by atoms with Crippen LogP contribution in [0.3, 0.4) is 0 Å². The molecule has 0 heterocycles. The van der Waals surface area contributed by atoms with E-state index in [-0.39, 0.29) is 5.78 Å². The summed E-state index contributed by atoms with van der Waals surface area (Å²) in [7, 11) is 1.84. The molecule has 3 heteroatoms. The zero-order valence-electron chi connectivity index (χ0n) is 8.98. The Hall–Kier alpha value is -1.64. The molecule has 1 aliphatic rings. The van der Waals surface area contributed by atoms with Crippen molar-refractivity contribution in [2.45, 2.75) is 19.8 Å². The van der Waals surface area contributed by atoms with E-state index in [0.717, 1.165) is 28.8 Å². The number of hydrogen-bond donors (Lipinski definition) is 2. The van der Waals surface area contributed by atoms with E-state index in [9.17, 15) is 4.79 Å². The van der Waals surface area contributed by atoms with Crippen LogP contribution in [0.15, 0.2) is 12.1 Å². The molecule has 78 valence electrons. The topological polar surface area (TPSA) is 53.0 Å². The van der Waals surface area contributed by atoms with Crippen LogP contribution < -0.4 is 5.32 Å². The summed E-state index contributed by atoms with van der Waals surface area (Å²) >= 11 is 0. The lowest BCUT2D eigenvalue weighted by Crippen LogP contribution is -2.05. The van der Waals surface area contributed by atoms with Gasteiger partial charge in [0.1, 0.15) is 0 Å². The van der Waals surface area contributed by atoms with Crippen molar-refractivity contribution in [3.8, 4) is 0 Å². The van der Waals surface area contributed by atoms with E-state index in [0.29, 0.717) is 12.1 Å². The summed E-state index contributed by atoms with van der Waals surface area (Å²) in [4.78, 5) is 11.5. The highest BCUT2D eigenvalue weighted by Gasteiger charge is 2.24. The van der Waals surface area contributed by atoms with Gasteiger partial charge in [-0.2, -0.15) is 0 Å². The molecule has 0 spiro atoms. The molecule has 0 saturated carbocycles. The quantitative estimate of drug-likeness (QED) is 0.723. The Bertz CT molecular complexity index is 449. The minimum absolute atomic E-state index is 0.204. The largest absolute Gasteiger partial charge is 0.388 e. The summed E-state index contributed by atoms with van der Waals surface area (Å²) in [5.74, 6) is 0.204. The van der Waals surface area contributed by atoms with Gasteiger partial charge in [-0.1, -0.05) is 0 Å². The van der Waals surface area contributed by atoms with Crippen LogP contribution in [0.25, 0.3) is 0 Å². The third kappa shape index (κ3) is 1.44. The first-order valence-corrected chi connectivity index (χ1v) is 5.07. The number of ketones is 1. The summed E-state index contributed by atoms with van der Waals surface area (Å²) in [6.07, 6.45) is 1.36. The fourth-order valence-corrected chi connectivity index (χ4v) is 2.18. The molecule has 0 saturated heterocycles. The molecular weight excluding hydrogens is 188 g/mol. The van der Waals surface area contributed by atoms with E-state index in [1.165, 1.54) is 0 Å². The lowest BCUT2D eigenvalue weighted by atomic mass is 9.98. The first-order chi connectivity index (χ1) is 7.15. The van der Waals surface area contributed by atoms with Gasteiger partial charge < -0.3 is 10.7 Å². The third-order valence-corrected chi connectivity index (χ3v) is 2.86. The lowest BCUT2D eigenvalue weighted by Gasteiger charge is -2.12. The summed E-state index contributed by atoms with van der Waals surface area (Å²) in [5, 5.41) is 10.8. The fourth-order valence-electron chi connectivity index (χ4n) is 2.18. The van der Waals surface area contributed by atoms with E-state index >= 15 is 0 Å². The van der Waals surface area contributed by atoms with E-state index in [4.69, 9.17) is 5.41 Å². The number of benzene rings is 1. The van der Waals surface area contributed by atoms with Gasteiger partial charge in [-0.15, -0.1) is 0 Å². The van der Waals surface area contributed by atoms with Crippen molar-refractivity contribution in [3.05, 3.63) is 28.8 Å². The Morgan fingerprint density at radius 3 is 2.73 bits per heavy atom. The first-order valence-electron chi connectivity index (χ1n) is 5.07. The van der Waals surface area contributed by atoms with Gasteiger partial charge in [-0.25, -0.2) is 0 Å². The molecule has 0 radical (unpaired) electrons. The maximum Gasteiger partial charge on any atom is 0.163 e. The Morgan fingerprint density at radius 1 is 1.40 bits per heavy atom. The predicted molar refractivity (Wildman–Crippen MR) is 61.1 cm³/mol. The minimum Gasteiger partial charge on any atom is -0.388 e. The number of hydrogen-bond acceptors (Lipinski definition) is 3. The normalized spacial score (nSPS) is 13.9. The summed E-state index contributed by atoms with van der Waals surface area (Å²) in [6, 6.07) is 3.75. The number of fused-ring (bicyclic) bond motifs is 1. The molecule has 0 atom stereocenters. The maximum atomic E-state index is 11.5. The molecule has 0 unspecified atom stereocenters. The van der Waals surface area contributed by atoms with Gasteiger partial charge in [0.2, 0.25) is 0 Å². The van der Waals surface area contributed by atoms with Crippen molar-refractivity contribution in [3.63, 3.8) is 0 Å². The van der Waals surface area contributed by atoms with Crippen LogP contribution in [0.4, 0.5) is 5.69 Å². The number of carbonyl (C=O) groups is 1. The molecule has 15 heavy (non-hydrogen) atoms. The molecule has 1 aliphatic carbocycles. The molecule has 0 aliphatic heterocycles. The van der Waals surface area contributed by atoms with Crippen LogP contribution in [0, 0.1) is 5.41 Å².